The minimum absolute atomic E-state index is 0.152. The number of fused-ring (bicyclic) bond motifs is 1. The van der Waals surface area contributed by atoms with Crippen molar-refractivity contribution in [2.45, 2.75) is 25.3 Å². The van der Waals surface area contributed by atoms with Crippen molar-refractivity contribution in [3.63, 3.8) is 0 Å². The van der Waals surface area contributed by atoms with Crippen LogP contribution < -0.4 is 10.0 Å². The van der Waals surface area contributed by atoms with Crippen LogP contribution in [0.5, 0.6) is 0 Å². The Labute approximate surface area is 125 Å². The zero-order chi connectivity index (χ0) is 14.7. The highest BCUT2D eigenvalue weighted by atomic mass is 32.2. The van der Waals surface area contributed by atoms with Gasteiger partial charge in [-0.3, -0.25) is 4.72 Å². The maximum absolute atomic E-state index is 12.1. The minimum Gasteiger partial charge on any atom is -0.314 e. The van der Waals surface area contributed by atoms with Gasteiger partial charge >= 0.3 is 0 Å². The van der Waals surface area contributed by atoms with Crippen molar-refractivity contribution in [3.05, 3.63) is 42.5 Å². The van der Waals surface area contributed by atoms with Gasteiger partial charge in [0.15, 0.2) is 0 Å². The Morgan fingerprint density at radius 2 is 1.81 bits per heavy atom. The van der Waals surface area contributed by atoms with Gasteiger partial charge in [0.05, 0.1) is 5.75 Å². The monoisotopic (exact) mass is 304 g/mol. The zero-order valence-corrected chi connectivity index (χ0v) is 12.7. The first-order valence-electron chi connectivity index (χ1n) is 7.35. The van der Waals surface area contributed by atoms with Crippen molar-refractivity contribution >= 4 is 26.5 Å². The second-order valence-corrected chi connectivity index (χ2v) is 7.41. The molecular weight excluding hydrogens is 284 g/mol. The van der Waals surface area contributed by atoms with Gasteiger partial charge in [-0.25, -0.2) is 8.42 Å². The van der Waals surface area contributed by atoms with Crippen LogP contribution in [0.25, 0.3) is 10.8 Å². The van der Waals surface area contributed by atoms with E-state index in [2.05, 4.69) is 10.0 Å². The van der Waals surface area contributed by atoms with Crippen molar-refractivity contribution < 1.29 is 8.42 Å². The fourth-order valence-corrected chi connectivity index (χ4v) is 3.45. The molecule has 2 N–H and O–H groups in total. The van der Waals surface area contributed by atoms with Gasteiger partial charge < -0.3 is 5.32 Å². The summed E-state index contributed by atoms with van der Waals surface area (Å²) < 4.78 is 26.8. The van der Waals surface area contributed by atoms with Crippen LogP contribution >= 0.6 is 0 Å². The third-order valence-electron chi connectivity index (χ3n) is 3.62. The largest absolute Gasteiger partial charge is 0.314 e. The first-order valence-corrected chi connectivity index (χ1v) is 9.00. The first kappa shape index (κ1) is 14.4. The van der Waals surface area contributed by atoms with E-state index < -0.39 is 10.0 Å². The van der Waals surface area contributed by atoms with E-state index >= 15 is 0 Å². The third-order valence-corrected chi connectivity index (χ3v) is 5.00. The van der Waals surface area contributed by atoms with E-state index in [0.29, 0.717) is 18.2 Å². The highest BCUT2D eigenvalue weighted by Gasteiger charge is 2.20. The summed E-state index contributed by atoms with van der Waals surface area (Å²) in [7, 11) is -3.27. The van der Waals surface area contributed by atoms with Crippen LogP contribution in [0.4, 0.5) is 5.69 Å². The molecule has 3 rings (SSSR count). The molecule has 21 heavy (non-hydrogen) atoms. The summed E-state index contributed by atoms with van der Waals surface area (Å²) >= 11 is 0. The lowest BCUT2D eigenvalue weighted by Gasteiger charge is -2.09. The number of anilines is 1. The summed E-state index contributed by atoms with van der Waals surface area (Å²) in [6.45, 7) is 0.767. The molecule has 1 saturated carbocycles. The summed E-state index contributed by atoms with van der Waals surface area (Å²) in [4.78, 5) is 0. The molecule has 0 aromatic heterocycles. The highest BCUT2D eigenvalue weighted by Crippen LogP contribution is 2.20. The Hall–Kier alpha value is -1.59. The van der Waals surface area contributed by atoms with Crippen LogP contribution in [-0.4, -0.2) is 26.8 Å². The van der Waals surface area contributed by atoms with Crippen molar-refractivity contribution in [2.75, 3.05) is 17.0 Å². The maximum atomic E-state index is 12.1. The topological polar surface area (TPSA) is 58.2 Å². The van der Waals surface area contributed by atoms with E-state index in [1.807, 2.05) is 42.5 Å². The molecule has 0 heterocycles. The van der Waals surface area contributed by atoms with Crippen molar-refractivity contribution in [1.29, 1.82) is 0 Å². The lowest BCUT2D eigenvalue weighted by molar-refractivity contribution is 0.593. The predicted molar refractivity (Wildman–Crippen MR) is 87.0 cm³/mol. The number of sulfonamides is 1. The van der Waals surface area contributed by atoms with Gasteiger partial charge in [0.2, 0.25) is 10.0 Å². The molecule has 2 aromatic rings. The molecule has 5 heteroatoms. The minimum atomic E-state index is -3.27. The SMILES string of the molecule is O=S(=O)(CCCNC1CC1)Nc1ccc2ccccc2c1. The lowest BCUT2D eigenvalue weighted by atomic mass is 10.1. The van der Waals surface area contributed by atoms with E-state index in [1.165, 1.54) is 12.8 Å². The average Bonchev–Trinajstić information content (AvgIpc) is 3.27. The Bertz CT molecular complexity index is 724. The molecule has 4 nitrogen and oxygen atoms in total. The van der Waals surface area contributed by atoms with Crippen LogP contribution in [0.15, 0.2) is 42.5 Å². The summed E-state index contributed by atoms with van der Waals surface area (Å²) in [6.07, 6.45) is 3.09. The summed E-state index contributed by atoms with van der Waals surface area (Å²) in [5.74, 6) is 0.152. The molecule has 0 saturated heterocycles. The van der Waals surface area contributed by atoms with E-state index in [-0.39, 0.29) is 5.75 Å². The number of hydrogen-bond acceptors (Lipinski definition) is 3. The van der Waals surface area contributed by atoms with Gasteiger partial charge in [-0.05, 0) is 48.7 Å². The molecule has 112 valence electrons. The quantitative estimate of drug-likeness (QED) is 0.773. The third kappa shape index (κ3) is 4.19. The van der Waals surface area contributed by atoms with Gasteiger partial charge in [-0.2, -0.15) is 0 Å². The smallest absolute Gasteiger partial charge is 0.232 e. The summed E-state index contributed by atoms with van der Waals surface area (Å²) in [5, 5.41) is 5.47. The molecule has 0 aliphatic heterocycles. The van der Waals surface area contributed by atoms with Crippen molar-refractivity contribution in [1.82, 2.24) is 5.32 Å². The van der Waals surface area contributed by atoms with Crippen LogP contribution in [0.1, 0.15) is 19.3 Å². The first-order chi connectivity index (χ1) is 10.1. The van der Waals surface area contributed by atoms with E-state index in [1.54, 1.807) is 0 Å². The molecule has 0 bridgehead atoms. The fourth-order valence-electron chi connectivity index (χ4n) is 2.34. The zero-order valence-electron chi connectivity index (χ0n) is 11.9. The van der Waals surface area contributed by atoms with Gasteiger partial charge in [0, 0.05) is 11.7 Å². The number of hydrogen-bond donors (Lipinski definition) is 2. The Balaban J connectivity index is 1.59. The number of benzene rings is 2. The van der Waals surface area contributed by atoms with Gasteiger partial charge in [0.1, 0.15) is 0 Å². The average molecular weight is 304 g/mol. The Morgan fingerprint density at radius 3 is 2.57 bits per heavy atom. The van der Waals surface area contributed by atoms with Crippen LogP contribution in [-0.2, 0) is 10.0 Å². The van der Waals surface area contributed by atoms with Crippen LogP contribution in [0, 0.1) is 0 Å². The van der Waals surface area contributed by atoms with Crippen LogP contribution in [0.3, 0.4) is 0 Å². The Morgan fingerprint density at radius 1 is 1.05 bits per heavy atom. The fraction of sp³-hybridized carbons (Fsp3) is 0.375. The van der Waals surface area contributed by atoms with Gasteiger partial charge in [0.25, 0.3) is 0 Å². The molecule has 1 aliphatic rings. The molecule has 2 aromatic carbocycles. The van der Waals surface area contributed by atoms with E-state index in [0.717, 1.165) is 17.3 Å². The van der Waals surface area contributed by atoms with Crippen LogP contribution in [0.2, 0.25) is 0 Å². The maximum Gasteiger partial charge on any atom is 0.232 e. The number of nitrogens with one attached hydrogen (secondary N) is 2. The van der Waals surface area contributed by atoms with Crippen molar-refractivity contribution in [3.8, 4) is 0 Å². The Kier molecular flexibility index (Phi) is 4.12. The summed E-state index contributed by atoms with van der Waals surface area (Å²) in [6, 6.07) is 14.1. The normalized spacial score (nSPS) is 15.2. The molecule has 0 unspecified atom stereocenters. The molecule has 1 aliphatic carbocycles. The molecule has 0 spiro atoms. The van der Waals surface area contributed by atoms with Crippen molar-refractivity contribution in [2.24, 2.45) is 0 Å². The summed E-state index contributed by atoms with van der Waals surface area (Å²) in [5.41, 5.74) is 0.629. The molecule has 0 radical (unpaired) electrons. The predicted octanol–water partition coefficient (Wildman–Crippen LogP) is 2.72. The standard InChI is InChI=1S/C16H20N2O2S/c19-21(20,11-3-10-17-15-8-9-15)18-16-7-6-13-4-1-2-5-14(13)12-16/h1-2,4-7,12,15,17-18H,3,8-11H2. The second kappa shape index (κ2) is 6.03. The van der Waals surface area contributed by atoms with E-state index in [4.69, 9.17) is 0 Å². The number of rotatable bonds is 7. The molecule has 0 amide bonds. The molecule has 0 atom stereocenters. The van der Waals surface area contributed by atoms with Gasteiger partial charge in [-0.1, -0.05) is 30.3 Å². The highest BCUT2D eigenvalue weighted by molar-refractivity contribution is 7.92. The second-order valence-electron chi connectivity index (χ2n) is 5.56. The van der Waals surface area contributed by atoms with E-state index in [9.17, 15) is 8.42 Å². The molecule has 1 fully saturated rings. The lowest BCUT2D eigenvalue weighted by Crippen LogP contribution is -2.23. The van der Waals surface area contributed by atoms with Gasteiger partial charge in [-0.15, -0.1) is 0 Å². The molecular formula is C16H20N2O2S.